The average Bonchev–Trinajstić information content (AvgIpc) is 2.67. The van der Waals surface area contributed by atoms with Crippen molar-refractivity contribution in [2.75, 3.05) is 5.32 Å². The normalized spacial score (nSPS) is 10.4. The van der Waals surface area contributed by atoms with Crippen LogP contribution in [0.25, 0.3) is 0 Å². The highest BCUT2D eigenvalue weighted by Gasteiger charge is 2.06. The average molecular weight is 241 g/mol. The van der Waals surface area contributed by atoms with Crippen molar-refractivity contribution < 1.29 is 0 Å². The lowest BCUT2D eigenvalue weighted by Gasteiger charge is -2.05. The third-order valence-corrected chi connectivity index (χ3v) is 2.41. The van der Waals surface area contributed by atoms with Gasteiger partial charge in [-0.05, 0) is 0 Å². The van der Waals surface area contributed by atoms with Crippen LogP contribution in [0.5, 0.6) is 0 Å². The van der Waals surface area contributed by atoms with Gasteiger partial charge in [0, 0.05) is 7.05 Å². The summed E-state index contributed by atoms with van der Waals surface area (Å²) in [5, 5.41) is 16.5. The molecule has 0 saturated carbocycles. The first-order valence-corrected chi connectivity index (χ1v) is 4.86. The summed E-state index contributed by atoms with van der Waals surface area (Å²) in [6.45, 7) is 0.418. The molecule has 2 aromatic rings. The Labute approximate surface area is 95.5 Å². The van der Waals surface area contributed by atoms with Gasteiger partial charge in [0.25, 0.3) is 5.56 Å². The molecule has 0 spiro atoms. The van der Waals surface area contributed by atoms with Gasteiger partial charge in [-0.2, -0.15) is 5.10 Å². The summed E-state index contributed by atoms with van der Waals surface area (Å²) in [5.41, 5.74) is 0.0399. The SMILES string of the molecule is Cn1cnnc1CNc1cn[nH]c(=O)c1Cl. The van der Waals surface area contributed by atoms with E-state index in [0.29, 0.717) is 12.2 Å². The molecule has 2 aromatic heterocycles. The molecule has 0 amide bonds. The van der Waals surface area contributed by atoms with E-state index in [4.69, 9.17) is 11.6 Å². The summed E-state index contributed by atoms with van der Waals surface area (Å²) in [6, 6.07) is 0. The fourth-order valence-electron chi connectivity index (χ4n) is 1.15. The molecule has 0 aromatic carbocycles. The van der Waals surface area contributed by atoms with Crippen LogP contribution < -0.4 is 10.9 Å². The van der Waals surface area contributed by atoms with E-state index in [2.05, 4.69) is 25.7 Å². The molecule has 0 aliphatic carbocycles. The Balaban J connectivity index is 2.14. The second-order valence-electron chi connectivity index (χ2n) is 3.14. The molecule has 0 saturated heterocycles. The zero-order valence-electron chi connectivity index (χ0n) is 8.44. The minimum atomic E-state index is -0.426. The molecule has 16 heavy (non-hydrogen) atoms. The Kier molecular flexibility index (Phi) is 2.86. The van der Waals surface area contributed by atoms with E-state index in [1.54, 1.807) is 10.9 Å². The van der Waals surface area contributed by atoms with E-state index in [1.165, 1.54) is 6.20 Å². The van der Waals surface area contributed by atoms with Crippen LogP contribution in [0.15, 0.2) is 17.3 Å². The lowest BCUT2D eigenvalue weighted by atomic mass is 10.4. The van der Waals surface area contributed by atoms with E-state index < -0.39 is 5.56 Å². The van der Waals surface area contributed by atoms with Crippen LogP contribution in [-0.4, -0.2) is 25.0 Å². The van der Waals surface area contributed by atoms with Gasteiger partial charge in [0.2, 0.25) is 0 Å². The Morgan fingerprint density at radius 1 is 1.62 bits per heavy atom. The molecule has 2 heterocycles. The number of aromatic amines is 1. The predicted molar refractivity (Wildman–Crippen MR) is 58.2 cm³/mol. The lowest BCUT2D eigenvalue weighted by Crippen LogP contribution is -2.13. The topological polar surface area (TPSA) is 88.5 Å². The van der Waals surface area contributed by atoms with Crippen LogP contribution in [0.1, 0.15) is 5.82 Å². The molecule has 2 rings (SSSR count). The van der Waals surface area contributed by atoms with Gasteiger partial charge in [0.05, 0.1) is 18.4 Å². The first-order chi connectivity index (χ1) is 7.68. The van der Waals surface area contributed by atoms with Gasteiger partial charge in [-0.1, -0.05) is 11.6 Å². The second kappa shape index (κ2) is 4.31. The Morgan fingerprint density at radius 2 is 2.44 bits per heavy atom. The molecule has 0 unspecified atom stereocenters. The van der Waals surface area contributed by atoms with Crippen molar-refractivity contribution in [2.24, 2.45) is 7.05 Å². The van der Waals surface area contributed by atoms with Gasteiger partial charge in [-0.15, -0.1) is 10.2 Å². The quantitative estimate of drug-likeness (QED) is 0.798. The Bertz CT molecular complexity index is 547. The summed E-state index contributed by atoms with van der Waals surface area (Å²) in [5.74, 6) is 0.733. The minimum Gasteiger partial charge on any atom is -0.375 e. The van der Waals surface area contributed by atoms with Crippen LogP contribution in [0.4, 0.5) is 5.69 Å². The van der Waals surface area contributed by atoms with Crippen molar-refractivity contribution in [1.82, 2.24) is 25.0 Å². The third kappa shape index (κ3) is 2.03. The van der Waals surface area contributed by atoms with Gasteiger partial charge >= 0.3 is 0 Å². The Morgan fingerprint density at radius 3 is 3.12 bits per heavy atom. The molecular formula is C8H9ClN6O. The number of hydrogen-bond donors (Lipinski definition) is 2. The maximum Gasteiger partial charge on any atom is 0.285 e. The molecule has 0 radical (unpaired) electrons. The summed E-state index contributed by atoms with van der Waals surface area (Å²) < 4.78 is 1.77. The van der Waals surface area contributed by atoms with E-state index in [9.17, 15) is 4.79 Å². The highest BCUT2D eigenvalue weighted by molar-refractivity contribution is 6.32. The van der Waals surface area contributed by atoms with Crippen LogP contribution in [0, 0.1) is 0 Å². The number of aromatic nitrogens is 5. The van der Waals surface area contributed by atoms with Crippen molar-refractivity contribution in [2.45, 2.75) is 6.54 Å². The zero-order valence-corrected chi connectivity index (χ0v) is 9.19. The largest absolute Gasteiger partial charge is 0.375 e. The summed E-state index contributed by atoms with van der Waals surface area (Å²) in [7, 11) is 1.83. The van der Waals surface area contributed by atoms with Crippen molar-refractivity contribution in [3.8, 4) is 0 Å². The van der Waals surface area contributed by atoms with Gasteiger partial charge in [-0.25, -0.2) is 5.10 Å². The van der Waals surface area contributed by atoms with Crippen LogP contribution in [-0.2, 0) is 13.6 Å². The van der Waals surface area contributed by atoms with Crippen LogP contribution >= 0.6 is 11.6 Å². The van der Waals surface area contributed by atoms with Crippen molar-refractivity contribution in [3.63, 3.8) is 0 Å². The number of nitrogens with one attached hydrogen (secondary N) is 2. The number of nitrogens with zero attached hydrogens (tertiary/aromatic N) is 4. The fraction of sp³-hybridized carbons (Fsp3) is 0.250. The number of H-pyrrole nitrogens is 1. The summed E-state index contributed by atoms with van der Waals surface area (Å²) in [4.78, 5) is 11.1. The lowest BCUT2D eigenvalue weighted by molar-refractivity contribution is 0.811. The van der Waals surface area contributed by atoms with Gasteiger partial charge < -0.3 is 9.88 Å². The van der Waals surface area contributed by atoms with Gasteiger partial charge in [-0.3, -0.25) is 4.79 Å². The highest BCUT2D eigenvalue weighted by Crippen LogP contribution is 2.14. The number of hydrogen-bond acceptors (Lipinski definition) is 5. The fourth-order valence-corrected chi connectivity index (χ4v) is 1.31. The van der Waals surface area contributed by atoms with Crippen LogP contribution in [0.2, 0.25) is 5.02 Å². The molecule has 0 atom stereocenters. The zero-order chi connectivity index (χ0) is 11.5. The summed E-state index contributed by atoms with van der Waals surface area (Å²) in [6.07, 6.45) is 3.04. The highest BCUT2D eigenvalue weighted by atomic mass is 35.5. The monoisotopic (exact) mass is 240 g/mol. The molecular weight excluding hydrogens is 232 g/mol. The van der Waals surface area contributed by atoms with E-state index in [1.807, 2.05) is 7.05 Å². The maximum atomic E-state index is 11.1. The second-order valence-corrected chi connectivity index (χ2v) is 3.52. The summed E-state index contributed by atoms with van der Waals surface area (Å²) >= 11 is 5.78. The number of rotatable bonds is 3. The standard InChI is InChI=1S/C8H9ClN6O/c1-15-4-12-13-6(15)3-10-5-2-11-14-8(16)7(5)9/h2,4H,3H2,1H3,(H2,10,14,16). The van der Waals surface area contributed by atoms with Crippen molar-refractivity contribution >= 4 is 17.3 Å². The van der Waals surface area contributed by atoms with Crippen LogP contribution in [0.3, 0.4) is 0 Å². The maximum absolute atomic E-state index is 11.1. The van der Waals surface area contributed by atoms with E-state index in [-0.39, 0.29) is 5.02 Å². The smallest absolute Gasteiger partial charge is 0.285 e. The third-order valence-electron chi connectivity index (χ3n) is 2.04. The minimum absolute atomic E-state index is 0.0807. The predicted octanol–water partition coefficient (Wildman–Crippen LogP) is 0.164. The van der Waals surface area contributed by atoms with Crippen molar-refractivity contribution in [1.29, 1.82) is 0 Å². The van der Waals surface area contributed by atoms with Gasteiger partial charge in [0.15, 0.2) is 5.82 Å². The molecule has 8 heteroatoms. The van der Waals surface area contributed by atoms with Crippen molar-refractivity contribution in [3.05, 3.63) is 33.7 Å². The molecule has 84 valence electrons. The number of aryl methyl sites for hydroxylation is 1. The molecule has 0 aliphatic rings. The number of halogens is 1. The number of anilines is 1. The van der Waals surface area contributed by atoms with E-state index >= 15 is 0 Å². The van der Waals surface area contributed by atoms with Gasteiger partial charge in [0.1, 0.15) is 11.3 Å². The Hall–Kier alpha value is -1.89. The molecule has 7 nitrogen and oxygen atoms in total. The first kappa shape index (κ1) is 10.6. The molecule has 2 N–H and O–H groups in total. The van der Waals surface area contributed by atoms with E-state index in [0.717, 1.165) is 5.82 Å². The first-order valence-electron chi connectivity index (χ1n) is 4.48. The molecule has 0 aliphatic heterocycles. The molecule has 0 bridgehead atoms. The molecule has 0 fully saturated rings.